The van der Waals surface area contributed by atoms with Crippen LogP contribution in [0.25, 0.3) is 0 Å². The van der Waals surface area contributed by atoms with Crippen LogP contribution in [0.2, 0.25) is 0 Å². The fourth-order valence-corrected chi connectivity index (χ4v) is 2.76. The van der Waals surface area contributed by atoms with Gasteiger partial charge in [-0.2, -0.15) is 5.10 Å². The number of hydrogen-bond donors (Lipinski definition) is 2. The highest BCUT2D eigenvalue weighted by Gasteiger charge is 2.47. The maximum absolute atomic E-state index is 10.3. The van der Waals surface area contributed by atoms with Gasteiger partial charge in [0.15, 0.2) is 0 Å². The zero-order valence-corrected chi connectivity index (χ0v) is 9.35. The average molecular weight is 209 g/mol. The van der Waals surface area contributed by atoms with E-state index in [2.05, 4.69) is 12.0 Å². The van der Waals surface area contributed by atoms with Crippen LogP contribution in [0.4, 0.5) is 0 Å². The van der Waals surface area contributed by atoms with Gasteiger partial charge in [-0.05, 0) is 18.8 Å². The standard InChI is InChI=1S/C11H19N3O/c1-8-3-11(4-8,7-12)10(15)9-5-13-14(2)6-9/h5-6,8,10,15H,3-4,7,12H2,1-2H3/t8?,10-,11?/m0/s1. The van der Waals surface area contributed by atoms with E-state index in [-0.39, 0.29) is 5.41 Å². The highest BCUT2D eigenvalue weighted by Crippen LogP contribution is 2.52. The average Bonchev–Trinajstić information content (AvgIpc) is 2.58. The summed E-state index contributed by atoms with van der Waals surface area (Å²) in [6.45, 7) is 2.75. The summed E-state index contributed by atoms with van der Waals surface area (Å²) in [7, 11) is 1.86. The fraction of sp³-hybridized carbons (Fsp3) is 0.727. The van der Waals surface area contributed by atoms with Gasteiger partial charge < -0.3 is 10.8 Å². The molecule has 1 aromatic rings. The Labute approximate surface area is 90.1 Å². The fourth-order valence-electron chi connectivity index (χ4n) is 2.76. The van der Waals surface area contributed by atoms with Crippen molar-refractivity contribution in [3.05, 3.63) is 18.0 Å². The highest BCUT2D eigenvalue weighted by atomic mass is 16.3. The number of aryl methyl sites for hydroxylation is 1. The quantitative estimate of drug-likeness (QED) is 0.775. The third-order valence-corrected chi connectivity index (χ3v) is 3.54. The molecule has 0 saturated heterocycles. The van der Waals surface area contributed by atoms with E-state index in [0.29, 0.717) is 12.5 Å². The van der Waals surface area contributed by atoms with Gasteiger partial charge in [-0.1, -0.05) is 6.92 Å². The van der Waals surface area contributed by atoms with Gasteiger partial charge in [-0.15, -0.1) is 0 Å². The molecule has 4 nitrogen and oxygen atoms in total. The summed E-state index contributed by atoms with van der Waals surface area (Å²) >= 11 is 0. The van der Waals surface area contributed by atoms with Crippen molar-refractivity contribution in [3.63, 3.8) is 0 Å². The predicted octanol–water partition coefficient (Wildman–Crippen LogP) is 0.828. The Morgan fingerprint density at radius 3 is 2.80 bits per heavy atom. The first-order valence-corrected chi connectivity index (χ1v) is 5.44. The number of rotatable bonds is 3. The highest BCUT2D eigenvalue weighted by molar-refractivity contribution is 5.15. The molecule has 1 fully saturated rings. The minimum Gasteiger partial charge on any atom is -0.388 e. The molecule has 0 aromatic carbocycles. The summed E-state index contributed by atoms with van der Waals surface area (Å²) in [4.78, 5) is 0. The van der Waals surface area contributed by atoms with Crippen molar-refractivity contribution in [2.45, 2.75) is 25.9 Å². The van der Waals surface area contributed by atoms with E-state index in [1.165, 1.54) is 0 Å². The third-order valence-electron chi connectivity index (χ3n) is 3.54. The van der Waals surface area contributed by atoms with Crippen molar-refractivity contribution in [1.82, 2.24) is 9.78 Å². The van der Waals surface area contributed by atoms with Gasteiger partial charge in [0.25, 0.3) is 0 Å². The van der Waals surface area contributed by atoms with E-state index in [1.54, 1.807) is 10.9 Å². The second-order valence-corrected chi connectivity index (χ2v) is 4.93. The first-order valence-electron chi connectivity index (χ1n) is 5.44. The molecule has 4 heteroatoms. The number of hydrogen-bond acceptors (Lipinski definition) is 3. The minimum atomic E-state index is -0.465. The first-order chi connectivity index (χ1) is 7.07. The molecule has 0 aliphatic heterocycles. The molecule has 1 saturated carbocycles. The molecular weight excluding hydrogens is 190 g/mol. The van der Waals surface area contributed by atoms with Crippen molar-refractivity contribution >= 4 is 0 Å². The van der Waals surface area contributed by atoms with Crippen LogP contribution in [0, 0.1) is 11.3 Å². The summed E-state index contributed by atoms with van der Waals surface area (Å²) in [5.74, 6) is 0.680. The van der Waals surface area contributed by atoms with E-state index in [0.717, 1.165) is 18.4 Å². The molecule has 0 unspecified atom stereocenters. The topological polar surface area (TPSA) is 64.1 Å². The van der Waals surface area contributed by atoms with Crippen LogP contribution in [0.3, 0.4) is 0 Å². The second kappa shape index (κ2) is 3.61. The van der Waals surface area contributed by atoms with E-state index < -0.39 is 6.10 Å². The van der Waals surface area contributed by atoms with E-state index in [1.807, 2.05) is 13.2 Å². The number of nitrogens with two attached hydrogens (primary N) is 1. The molecule has 15 heavy (non-hydrogen) atoms. The van der Waals surface area contributed by atoms with E-state index in [9.17, 15) is 5.11 Å². The molecule has 0 bridgehead atoms. The van der Waals surface area contributed by atoms with Crippen LogP contribution in [-0.2, 0) is 7.05 Å². The van der Waals surface area contributed by atoms with Crippen molar-refractivity contribution in [2.24, 2.45) is 24.1 Å². The van der Waals surface area contributed by atoms with Gasteiger partial charge in [0.1, 0.15) is 0 Å². The van der Waals surface area contributed by atoms with Crippen LogP contribution in [-0.4, -0.2) is 21.4 Å². The smallest absolute Gasteiger partial charge is 0.0888 e. The molecular formula is C11H19N3O. The Balaban J connectivity index is 2.16. The summed E-state index contributed by atoms with van der Waals surface area (Å²) in [5.41, 5.74) is 6.56. The molecule has 1 heterocycles. The Kier molecular flexibility index (Phi) is 2.56. The number of nitrogens with zero attached hydrogens (tertiary/aromatic N) is 2. The lowest BCUT2D eigenvalue weighted by molar-refractivity contribution is -0.0602. The van der Waals surface area contributed by atoms with Crippen LogP contribution < -0.4 is 5.73 Å². The second-order valence-electron chi connectivity index (χ2n) is 4.93. The van der Waals surface area contributed by atoms with Crippen molar-refractivity contribution in [2.75, 3.05) is 6.54 Å². The number of aliphatic hydroxyl groups excluding tert-OH is 1. The lowest BCUT2D eigenvalue weighted by Crippen LogP contribution is -2.46. The van der Waals surface area contributed by atoms with Gasteiger partial charge in [0, 0.05) is 30.8 Å². The molecule has 84 valence electrons. The largest absolute Gasteiger partial charge is 0.388 e. The van der Waals surface area contributed by atoms with Crippen LogP contribution in [0.1, 0.15) is 31.4 Å². The van der Waals surface area contributed by atoms with Crippen LogP contribution in [0.15, 0.2) is 12.4 Å². The van der Waals surface area contributed by atoms with Crippen molar-refractivity contribution in [3.8, 4) is 0 Å². The van der Waals surface area contributed by atoms with E-state index >= 15 is 0 Å². The SMILES string of the molecule is CC1CC(CN)([C@@H](O)c2cnn(C)c2)C1. The molecule has 3 N–H and O–H groups in total. The first kappa shape index (κ1) is 10.6. The van der Waals surface area contributed by atoms with Crippen molar-refractivity contribution in [1.29, 1.82) is 0 Å². The van der Waals surface area contributed by atoms with E-state index in [4.69, 9.17) is 5.73 Å². The molecule has 0 spiro atoms. The summed E-state index contributed by atoms with van der Waals surface area (Å²) in [5, 5.41) is 14.4. The van der Waals surface area contributed by atoms with Crippen LogP contribution >= 0.6 is 0 Å². The maximum Gasteiger partial charge on any atom is 0.0888 e. The normalized spacial score (nSPS) is 32.4. The van der Waals surface area contributed by atoms with Gasteiger partial charge >= 0.3 is 0 Å². The van der Waals surface area contributed by atoms with Gasteiger partial charge in [0.05, 0.1) is 12.3 Å². The number of aromatic nitrogens is 2. The zero-order valence-electron chi connectivity index (χ0n) is 9.35. The Hall–Kier alpha value is -0.870. The molecule has 1 atom stereocenters. The third kappa shape index (κ3) is 1.68. The molecule has 0 radical (unpaired) electrons. The van der Waals surface area contributed by atoms with Gasteiger partial charge in [0.2, 0.25) is 0 Å². The molecule has 1 aromatic heterocycles. The molecule has 2 rings (SSSR count). The van der Waals surface area contributed by atoms with Crippen molar-refractivity contribution < 1.29 is 5.11 Å². The summed E-state index contributed by atoms with van der Waals surface area (Å²) in [6.07, 6.45) is 5.15. The summed E-state index contributed by atoms with van der Waals surface area (Å²) < 4.78 is 1.71. The minimum absolute atomic E-state index is 0.109. The predicted molar refractivity (Wildman–Crippen MR) is 58.1 cm³/mol. The number of aliphatic hydroxyl groups is 1. The van der Waals surface area contributed by atoms with Crippen LogP contribution in [0.5, 0.6) is 0 Å². The van der Waals surface area contributed by atoms with Gasteiger partial charge in [-0.25, -0.2) is 0 Å². The molecule has 1 aliphatic rings. The lowest BCUT2D eigenvalue weighted by atomic mass is 9.59. The Morgan fingerprint density at radius 2 is 2.40 bits per heavy atom. The Bertz CT molecular complexity index is 341. The lowest BCUT2D eigenvalue weighted by Gasteiger charge is -2.48. The molecule has 0 amide bonds. The summed E-state index contributed by atoms with van der Waals surface area (Å²) in [6, 6.07) is 0. The van der Waals surface area contributed by atoms with Gasteiger partial charge in [-0.3, -0.25) is 4.68 Å². The maximum atomic E-state index is 10.3. The zero-order chi connectivity index (χ0) is 11.1. The monoisotopic (exact) mass is 209 g/mol. The molecule has 1 aliphatic carbocycles. The Morgan fingerprint density at radius 1 is 1.73 bits per heavy atom.